The number of para-hydroxylation sites is 1. The first-order valence-electron chi connectivity index (χ1n) is 8.66. The average molecular weight is 354 g/mol. The summed E-state index contributed by atoms with van der Waals surface area (Å²) < 4.78 is 5.23. The van der Waals surface area contributed by atoms with Crippen LogP contribution in [0.3, 0.4) is 0 Å². The topological polar surface area (TPSA) is 41.9 Å². The van der Waals surface area contributed by atoms with Crippen molar-refractivity contribution in [1.82, 2.24) is 0 Å². The first-order valence-corrected chi connectivity index (χ1v) is 8.66. The number of anilines is 1. The molecule has 132 valence electrons. The number of nitrogens with zero attached hydrogens (tertiary/aromatic N) is 2. The predicted molar refractivity (Wildman–Crippen MR) is 108 cm³/mol. The van der Waals surface area contributed by atoms with Crippen LogP contribution < -0.4 is 9.75 Å². The summed E-state index contributed by atoms with van der Waals surface area (Å²) in [5.74, 6) is 0.619. The minimum absolute atomic E-state index is 0.143. The Kier molecular flexibility index (Phi) is 4.54. The van der Waals surface area contributed by atoms with Gasteiger partial charge in [-0.05, 0) is 48.0 Å². The van der Waals surface area contributed by atoms with E-state index < -0.39 is 0 Å². The van der Waals surface area contributed by atoms with Crippen LogP contribution in [0.15, 0.2) is 95.6 Å². The smallest absolute Gasteiger partial charge is 0.281 e. The minimum Gasteiger partial charge on any atom is -0.497 e. The van der Waals surface area contributed by atoms with Gasteiger partial charge in [0.05, 0.1) is 18.4 Å². The number of hydrazone groups is 1. The largest absolute Gasteiger partial charge is 0.497 e. The molecule has 0 N–H and O–H groups in total. The Labute approximate surface area is 158 Å². The van der Waals surface area contributed by atoms with Crippen molar-refractivity contribution in [3.8, 4) is 5.75 Å². The van der Waals surface area contributed by atoms with Crippen LogP contribution in [0, 0.1) is 0 Å². The molecule has 1 aliphatic heterocycles. The fraction of sp³-hybridized carbons (Fsp3) is 0.0435. The Hall–Kier alpha value is -3.66. The van der Waals surface area contributed by atoms with Crippen LogP contribution in [0.1, 0.15) is 11.1 Å². The summed E-state index contributed by atoms with van der Waals surface area (Å²) in [6.07, 6.45) is 1.88. The summed E-state index contributed by atoms with van der Waals surface area (Å²) in [4.78, 5) is 13.1. The van der Waals surface area contributed by atoms with Gasteiger partial charge in [-0.25, -0.2) is 0 Å². The van der Waals surface area contributed by atoms with Crippen molar-refractivity contribution >= 4 is 23.4 Å². The van der Waals surface area contributed by atoms with Crippen molar-refractivity contribution in [2.24, 2.45) is 5.10 Å². The predicted octanol–water partition coefficient (Wildman–Crippen LogP) is 4.53. The van der Waals surface area contributed by atoms with E-state index in [-0.39, 0.29) is 5.91 Å². The van der Waals surface area contributed by atoms with E-state index in [1.807, 2.05) is 91.0 Å². The number of carbonyl (C=O) groups excluding carboxylic acids is 1. The van der Waals surface area contributed by atoms with Crippen LogP contribution in [0.2, 0.25) is 0 Å². The molecule has 4 rings (SSSR count). The molecule has 27 heavy (non-hydrogen) atoms. The Morgan fingerprint density at radius 3 is 2.11 bits per heavy atom. The highest BCUT2D eigenvalue weighted by Crippen LogP contribution is 2.28. The number of methoxy groups -OCH3 is 1. The normalized spacial score (nSPS) is 15.1. The van der Waals surface area contributed by atoms with Gasteiger partial charge in [0.15, 0.2) is 0 Å². The standard InChI is InChI=1S/C23H18N2O2/c1-27-20-14-12-18(13-15-20)22-21(16-17-8-4-2-5-9-17)23(26)25(24-22)19-10-6-3-7-11-19/h2-16H,1H3. The van der Waals surface area contributed by atoms with Crippen molar-refractivity contribution in [2.45, 2.75) is 0 Å². The van der Waals surface area contributed by atoms with E-state index in [0.717, 1.165) is 22.6 Å². The molecule has 1 amide bonds. The molecular formula is C23H18N2O2. The van der Waals surface area contributed by atoms with Crippen molar-refractivity contribution < 1.29 is 9.53 Å². The molecule has 1 heterocycles. The summed E-state index contributed by atoms with van der Waals surface area (Å²) in [5, 5.41) is 6.09. The van der Waals surface area contributed by atoms with Crippen LogP contribution in [0.4, 0.5) is 5.69 Å². The van der Waals surface area contributed by atoms with E-state index in [1.165, 1.54) is 5.01 Å². The van der Waals surface area contributed by atoms with E-state index >= 15 is 0 Å². The maximum atomic E-state index is 13.1. The summed E-state index contributed by atoms with van der Waals surface area (Å²) in [6, 6.07) is 26.8. The zero-order valence-corrected chi connectivity index (χ0v) is 14.9. The third-order valence-corrected chi connectivity index (χ3v) is 4.35. The second kappa shape index (κ2) is 7.30. The second-order valence-corrected chi connectivity index (χ2v) is 6.10. The molecule has 0 fully saturated rings. The molecule has 0 aliphatic carbocycles. The molecule has 3 aromatic carbocycles. The maximum Gasteiger partial charge on any atom is 0.281 e. The highest BCUT2D eigenvalue weighted by atomic mass is 16.5. The van der Waals surface area contributed by atoms with Crippen LogP contribution in [-0.2, 0) is 4.79 Å². The molecule has 4 nitrogen and oxygen atoms in total. The summed E-state index contributed by atoms with van der Waals surface area (Å²) in [6.45, 7) is 0. The molecule has 0 saturated heterocycles. The lowest BCUT2D eigenvalue weighted by atomic mass is 10.00. The molecular weight excluding hydrogens is 336 g/mol. The Balaban J connectivity index is 1.81. The number of hydrogen-bond acceptors (Lipinski definition) is 3. The fourth-order valence-electron chi connectivity index (χ4n) is 2.97. The van der Waals surface area contributed by atoms with Gasteiger partial charge in [-0.15, -0.1) is 0 Å². The Morgan fingerprint density at radius 1 is 0.852 bits per heavy atom. The van der Waals surface area contributed by atoms with E-state index in [4.69, 9.17) is 4.74 Å². The van der Waals surface area contributed by atoms with Crippen LogP contribution >= 0.6 is 0 Å². The van der Waals surface area contributed by atoms with Crippen molar-refractivity contribution in [3.63, 3.8) is 0 Å². The molecule has 0 bridgehead atoms. The van der Waals surface area contributed by atoms with Crippen LogP contribution in [0.5, 0.6) is 5.75 Å². The highest BCUT2D eigenvalue weighted by Gasteiger charge is 2.31. The Morgan fingerprint density at radius 2 is 1.48 bits per heavy atom. The Bertz CT molecular complexity index is 1010. The van der Waals surface area contributed by atoms with Gasteiger partial charge in [0.25, 0.3) is 5.91 Å². The van der Waals surface area contributed by atoms with Crippen molar-refractivity contribution in [3.05, 3.63) is 102 Å². The summed E-state index contributed by atoms with van der Waals surface area (Å²) >= 11 is 0. The number of hydrogen-bond donors (Lipinski definition) is 0. The molecule has 0 atom stereocenters. The van der Waals surface area contributed by atoms with E-state index in [2.05, 4.69) is 5.10 Å². The molecule has 0 radical (unpaired) electrons. The van der Waals surface area contributed by atoms with Gasteiger partial charge >= 0.3 is 0 Å². The summed E-state index contributed by atoms with van der Waals surface area (Å²) in [7, 11) is 1.63. The van der Waals surface area contributed by atoms with Gasteiger partial charge in [-0.3, -0.25) is 4.79 Å². The van der Waals surface area contributed by atoms with Gasteiger partial charge in [0.1, 0.15) is 11.5 Å². The SMILES string of the molecule is COc1ccc(C2=NN(c3ccccc3)C(=O)C2=Cc2ccccc2)cc1. The number of ether oxygens (including phenoxy) is 1. The van der Waals surface area contributed by atoms with Crippen LogP contribution in [-0.4, -0.2) is 18.7 Å². The molecule has 0 saturated carbocycles. The maximum absolute atomic E-state index is 13.1. The van der Waals surface area contributed by atoms with E-state index in [9.17, 15) is 4.79 Å². The number of benzene rings is 3. The first-order chi connectivity index (χ1) is 13.3. The lowest BCUT2D eigenvalue weighted by Gasteiger charge is -2.10. The van der Waals surface area contributed by atoms with Gasteiger partial charge in [-0.2, -0.15) is 10.1 Å². The second-order valence-electron chi connectivity index (χ2n) is 6.10. The first kappa shape index (κ1) is 16.8. The molecule has 0 spiro atoms. The molecule has 0 aromatic heterocycles. The lowest BCUT2D eigenvalue weighted by molar-refractivity contribution is -0.114. The quantitative estimate of drug-likeness (QED) is 0.646. The summed E-state index contributed by atoms with van der Waals surface area (Å²) in [5.41, 5.74) is 3.78. The molecule has 3 aromatic rings. The zero-order chi connectivity index (χ0) is 18.6. The molecule has 0 unspecified atom stereocenters. The third kappa shape index (κ3) is 3.37. The van der Waals surface area contributed by atoms with Gasteiger partial charge in [0, 0.05) is 5.56 Å². The molecule has 4 heteroatoms. The van der Waals surface area contributed by atoms with Gasteiger partial charge in [0.2, 0.25) is 0 Å². The average Bonchev–Trinajstić information content (AvgIpc) is 3.06. The monoisotopic (exact) mass is 354 g/mol. The van der Waals surface area contributed by atoms with E-state index in [1.54, 1.807) is 7.11 Å². The zero-order valence-electron chi connectivity index (χ0n) is 14.9. The minimum atomic E-state index is -0.143. The lowest BCUT2D eigenvalue weighted by Crippen LogP contribution is -2.21. The van der Waals surface area contributed by atoms with Crippen molar-refractivity contribution in [1.29, 1.82) is 0 Å². The van der Waals surface area contributed by atoms with Crippen LogP contribution in [0.25, 0.3) is 6.08 Å². The molecule has 1 aliphatic rings. The highest BCUT2D eigenvalue weighted by molar-refractivity contribution is 6.37. The fourth-order valence-corrected chi connectivity index (χ4v) is 2.97. The van der Waals surface area contributed by atoms with Gasteiger partial charge in [-0.1, -0.05) is 48.5 Å². The number of amides is 1. The number of carbonyl (C=O) groups is 1. The third-order valence-electron chi connectivity index (χ3n) is 4.35. The number of rotatable bonds is 4. The van der Waals surface area contributed by atoms with Crippen molar-refractivity contribution in [2.75, 3.05) is 12.1 Å². The van der Waals surface area contributed by atoms with E-state index in [0.29, 0.717) is 11.3 Å². The van der Waals surface area contributed by atoms with Gasteiger partial charge < -0.3 is 4.74 Å².